The molecule has 2 aliphatic rings. The SMILES string of the molecule is CC1(C)Cc2c(C#N)c(S)nc(N3CCCCC3)c2CO1. The highest BCUT2D eigenvalue weighted by atomic mass is 32.1. The molecule has 3 heterocycles. The minimum absolute atomic E-state index is 0.237. The summed E-state index contributed by atoms with van der Waals surface area (Å²) in [5.41, 5.74) is 2.55. The number of nitriles is 1. The lowest BCUT2D eigenvalue weighted by Crippen LogP contribution is -2.36. The van der Waals surface area contributed by atoms with E-state index in [4.69, 9.17) is 4.74 Å². The minimum atomic E-state index is -0.237. The number of hydrogen-bond acceptors (Lipinski definition) is 5. The van der Waals surface area contributed by atoms with Gasteiger partial charge in [-0.2, -0.15) is 5.26 Å². The molecule has 1 fully saturated rings. The summed E-state index contributed by atoms with van der Waals surface area (Å²) in [6.45, 7) is 6.72. The number of rotatable bonds is 1. The quantitative estimate of drug-likeness (QED) is 0.810. The van der Waals surface area contributed by atoms with Crippen LogP contribution in [0.25, 0.3) is 0 Å². The van der Waals surface area contributed by atoms with Crippen molar-refractivity contribution in [2.24, 2.45) is 0 Å². The predicted molar refractivity (Wildman–Crippen MR) is 84.8 cm³/mol. The Morgan fingerprint density at radius 3 is 2.62 bits per heavy atom. The second-order valence-corrected chi connectivity index (χ2v) is 6.90. The molecule has 0 saturated carbocycles. The van der Waals surface area contributed by atoms with Crippen LogP contribution in [0.2, 0.25) is 0 Å². The van der Waals surface area contributed by atoms with Gasteiger partial charge in [-0.05, 0) is 38.7 Å². The molecule has 5 heteroatoms. The van der Waals surface area contributed by atoms with Gasteiger partial charge < -0.3 is 9.64 Å². The Bertz CT molecular complexity index is 601. The van der Waals surface area contributed by atoms with Crippen molar-refractivity contribution >= 4 is 18.4 Å². The lowest BCUT2D eigenvalue weighted by atomic mass is 9.89. The summed E-state index contributed by atoms with van der Waals surface area (Å²) >= 11 is 4.46. The van der Waals surface area contributed by atoms with Crippen LogP contribution in [0.15, 0.2) is 5.03 Å². The molecule has 1 aromatic rings. The summed E-state index contributed by atoms with van der Waals surface area (Å²) in [6, 6.07) is 2.28. The summed E-state index contributed by atoms with van der Waals surface area (Å²) in [5, 5.41) is 10.0. The molecular weight excluding hydrogens is 282 g/mol. The maximum Gasteiger partial charge on any atom is 0.135 e. The van der Waals surface area contributed by atoms with Gasteiger partial charge in [0.15, 0.2) is 0 Å². The van der Waals surface area contributed by atoms with Gasteiger partial charge in [-0.3, -0.25) is 0 Å². The van der Waals surface area contributed by atoms with Crippen LogP contribution in [0.3, 0.4) is 0 Å². The molecule has 2 aliphatic heterocycles. The molecule has 1 saturated heterocycles. The standard InChI is InChI=1S/C16H21N3OS/c1-16(2)8-11-12(9-17)15(21)18-14(13(11)10-20-16)19-6-4-3-5-7-19/h3-8,10H2,1-2H3,(H,18,21). The van der Waals surface area contributed by atoms with Crippen molar-refractivity contribution < 1.29 is 4.74 Å². The molecule has 1 aromatic heterocycles. The zero-order valence-electron chi connectivity index (χ0n) is 12.6. The van der Waals surface area contributed by atoms with Gasteiger partial charge in [0.1, 0.15) is 16.9 Å². The molecule has 0 aromatic carbocycles. The van der Waals surface area contributed by atoms with Gasteiger partial charge in [0.2, 0.25) is 0 Å². The molecule has 0 radical (unpaired) electrons. The predicted octanol–water partition coefficient (Wildman–Crippen LogP) is 3.08. The number of hydrogen-bond donors (Lipinski definition) is 1. The van der Waals surface area contributed by atoms with E-state index < -0.39 is 0 Å². The summed E-state index contributed by atoms with van der Waals surface area (Å²) in [4.78, 5) is 6.94. The molecule has 0 bridgehead atoms. The molecule has 0 aliphatic carbocycles. The van der Waals surface area contributed by atoms with E-state index in [0.29, 0.717) is 17.2 Å². The first kappa shape index (κ1) is 14.7. The van der Waals surface area contributed by atoms with Crippen LogP contribution in [0.1, 0.15) is 49.8 Å². The van der Waals surface area contributed by atoms with Crippen LogP contribution in [0.4, 0.5) is 5.82 Å². The fraction of sp³-hybridized carbons (Fsp3) is 0.625. The van der Waals surface area contributed by atoms with E-state index in [1.54, 1.807) is 0 Å². The lowest BCUT2D eigenvalue weighted by molar-refractivity contribution is -0.0402. The van der Waals surface area contributed by atoms with Crippen molar-refractivity contribution in [2.45, 2.75) is 56.8 Å². The highest BCUT2D eigenvalue weighted by molar-refractivity contribution is 7.80. The molecule has 3 rings (SSSR count). The molecule has 4 nitrogen and oxygen atoms in total. The molecule has 0 unspecified atom stereocenters. The van der Waals surface area contributed by atoms with Crippen molar-refractivity contribution in [2.75, 3.05) is 18.0 Å². The number of aromatic nitrogens is 1. The Morgan fingerprint density at radius 2 is 1.95 bits per heavy atom. The van der Waals surface area contributed by atoms with Crippen LogP contribution in [0, 0.1) is 11.3 Å². The van der Waals surface area contributed by atoms with Crippen LogP contribution in [-0.2, 0) is 17.8 Å². The summed E-state index contributed by atoms with van der Waals surface area (Å²) in [6.07, 6.45) is 4.42. The Hall–Kier alpha value is -1.25. The molecule has 0 spiro atoms. The fourth-order valence-corrected chi connectivity index (χ4v) is 3.50. The molecule has 0 atom stereocenters. The summed E-state index contributed by atoms with van der Waals surface area (Å²) < 4.78 is 5.96. The molecule has 21 heavy (non-hydrogen) atoms. The van der Waals surface area contributed by atoms with Crippen molar-refractivity contribution in [3.63, 3.8) is 0 Å². The third-order valence-corrected chi connectivity index (χ3v) is 4.67. The van der Waals surface area contributed by atoms with Gasteiger partial charge in [0, 0.05) is 25.1 Å². The highest BCUT2D eigenvalue weighted by Gasteiger charge is 2.32. The normalized spacial score (nSPS) is 20.8. The van der Waals surface area contributed by atoms with Gasteiger partial charge in [0.05, 0.1) is 17.8 Å². The Morgan fingerprint density at radius 1 is 1.24 bits per heavy atom. The third-order valence-electron chi connectivity index (χ3n) is 4.35. The van der Waals surface area contributed by atoms with Gasteiger partial charge in [-0.1, -0.05) is 0 Å². The second-order valence-electron chi connectivity index (χ2n) is 6.48. The molecule has 112 valence electrons. The number of pyridine rings is 1. The maximum absolute atomic E-state index is 9.45. The van der Waals surface area contributed by atoms with E-state index in [2.05, 4.69) is 42.4 Å². The smallest absolute Gasteiger partial charge is 0.135 e. The Kier molecular flexibility index (Phi) is 3.85. The van der Waals surface area contributed by atoms with Crippen LogP contribution < -0.4 is 4.90 Å². The van der Waals surface area contributed by atoms with Crippen molar-refractivity contribution in [1.82, 2.24) is 4.98 Å². The first-order valence-electron chi connectivity index (χ1n) is 7.55. The van der Waals surface area contributed by atoms with Crippen molar-refractivity contribution in [3.05, 3.63) is 16.7 Å². The second kappa shape index (κ2) is 5.51. The van der Waals surface area contributed by atoms with Gasteiger partial charge in [-0.15, -0.1) is 12.6 Å². The fourth-order valence-electron chi connectivity index (χ4n) is 3.22. The first-order chi connectivity index (χ1) is 10.0. The largest absolute Gasteiger partial charge is 0.370 e. The summed E-state index contributed by atoms with van der Waals surface area (Å²) in [7, 11) is 0. The molecule has 0 N–H and O–H groups in total. The maximum atomic E-state index is 9.45. The van der Waals surface area contributed by atoms with Crippen molar-refractivity contribution in [1.29, 1.82) is 5.26 Å². The number of fused-ring (bicyclic) bond motifs is 1. The van der Waals surface area contributed by atoms with E-state index in [1.807, 2.05) is 0 Å². The van der Waals surface area contributed by atoms with Crippen LogP contribution in [-0.4, -0.2) is 23.7 Å². The van der Waals surface area contributed by atoms with E-state index in [0.717, 1.165) is 36.5 Å². The first-order valence-corrected chi connectivity index (χ1v) is 8.00. The number of anilines is 1. The average Bonchev–Trinajstić information content (AvgIpc) is 2.46. The van der Waals surface area contributed by atoms with Gasteiger partial charge >= 0.3 is 0 Å². The lowest BCUT2D eigenvalue weighted by Gasteiger charge is -2.36. The van der Waals surface area contributed by atoms with Crippen molar-refractivity contribution in [3.8, 4) is 6.07 Å². The molecular formula is C16H21N3OS. The van der Waals surface area contributed by atoms with Gasteiger partial charge in [-0.25, -0.2) is 4.98 Å². The molecule has 0 amide bonds. The zero-order chi connectivity index (χ0) is 15.0. The number of nitrogens with zero attached hydrogens (tertiary/aromatic N) is 3. The average molecular weight is 303 g/mol. The Labute approximate surface area is 131 Å². The third kappa shape index (κ3) is 2.75. The van der Waals surface area contributed by atoms with Crippen LogP contribution >= 0.6 is 12.6 Å². The topological polar surface area (TPSA) is 49.2 Å². The minimum Gasteiger partial charge on any atom is -0.370 e. The van der Waals surface area contributed by atoms with E-state index in [1.165, 1.54) is 19.3 Å². The van der Waals surface area contributed by atoms with Crippen LogP contribution in [0.5, 0.6) is 0 Å². The number of piperidine rings is 1. The van der Waals surface area contributed by atoms with E-state index >= 15 is 0 Å². The van der Waals surface area contributed by atoms with Gasteiger partial charge in [0.25, 0.3) is 0 Å². The number of thiol groups is 1. The Balaban J connectivity index is 2.10. The highest BCUT2D eigenvalue weighted by Crippen LogP contribution is 2.37. The zero-order valence-corrected chi connectivity index (χ0v) is 13.5. The monoisotopic (exact) mass is 303 g/mol. The van der Waals surface area contributed by atoms with E-state index in [-0.39, 0.29) is 5.60 Å². The number of ether oxygens (including phenoxy) is 1. The van der Waals surface area contributed by atoms with E-state index in [9.17, 15) is 5.26 Å². The summed E-state index contributed by atoms with van der Waals surface area (Å²) in [5.74, 6) is 0.976.